The second kappa shape index (κ2) is 7.64. The molecule has 1 heterocycles. The fourth-order valence-corrected chi connectivity index (χ4v) is 3.13. The van der Waals surface area contributed by atoms with E-state index in [1.165, 1.54) is 6.07 Å². The number of anilines is 1. The molecule has 136 valence electrons. The quantitative estimate of drug-likeness (QED) is 0.908. The summed E-state index contributed by atoms with van der Waals surface area (Å²) < 4.78 is 26.6. The monoisotopic (exact) mass is 358 g/mol. The maximum atomic E-state index is 13.7. The minimum absolute atomic E-state index is 0.0327. The number of benzene rings is 2. The minimum atomic E-state index is -0.801. The van der Waals surface area contributed by atoms with Gasteiger partial charge in [0.2, 0.25) is 5.91 Å². The second-order valence-corrected chi connectivity index (χ2v) is 6.55. The first kappa shape index (κ1) is 18.0. The Labute approximate surface area is 150 Å². The predicted octanol–water partition coefficient (Wildman–Crippen LogP) is 3.76. The molecular weight excluding hydrogens is 338 g/mol. The van der Waals surface area contributed by atoms with Crippen LogP contribution >= 0.6 is 0 Å². The van der Waals surface area contributed by atoms with Crippen LogP contribution in [0.15, 0.2) is 42.5 Å². The molecule has 1 fully saturated rings. The molecule has 0 aromatic heterocycles. The van der Waals surface area contributed by atoms with Crippen molar-refractivity contribution in [1.82, 2.24) is 4.90 Å². The van der Waals surface area contributed by atoms with Crippen molar-refractivity contribution in [1.29, 1.82) is 0 Å². The number of amides is 2. The smallest absolute Gasteiger partial charge is 0.253 e. The van der Waals surface area contributed by atoms with Crippen LogP contribution in [0.2, 0.25) is 0 Å². The molecule has 0 spiro atoms. The van der Waals surface area contributed by atoms with Gasteiger partial charge in [-0.05, 0) is 44.0 Å². The average Bonchev–Trinajstić information content (AvgIpc) is 2.63. The topological polar surface area (TPSA) is 49.4 Å². The summed E-state index contributed by atoms with van der Waals surface area (Å²) in [5.41, 5.74) is 1.63. The molecular formula is C20H20F2N2O2. The number of carbonyl (C=O) groups is 2. The van der Waals surface area contributed by atoms with Crippen LogP contribution in [0, 0.1) is 24.5 Å². The number of piperidine rings is 1. The minimum Gasteiger partial charge on any atom is -0.339 e. The Morgan fingerprint density at radius 3 is 2.46 bits per heavy atom. The van der Waals surface area contributed by atoms with E-state index < -0.39 is 11.6 Å². The molecule has 0 radical (unpaired) electrons. The van der Waals surface area contributed by atoms with Crippen molar-refractivity contribution < 1.29 is 18.4 Å². The van der Waals surface area contributed by atoms with Gasteiger partial charge in [-0.2, -0.15) is 0 Å². The zero-order chi connectivity index (χ0) is 18.7. The molecule has 26 heavy (non-hydrogen) atoms. The number of rotatable bonds is 3. The number of halogens is 2. The van der Waals surface area contributed by atoms with Gasteiger partial charge < -0.3 is 10.2 Å². The Balaban J connectivity index is 1.57. The van der Waals surface area contributed by atoms with E-state index in [0.29, 0.717) is 31.5 Å². The lowest BCUT2D eigenvalue weighted by Gasteiger charge is -2.31. The Hall–Kier alpha value is -2.76. The van der Waals surface area contributed by atoms with E-state index in [1.807, 2.05) is 25.1 Å². The first-order chi connectivity index (χ1) is 12.4. The Morgan fingerprint density at radius 2 is 1.81 bits per heavy atom. The zero-order valence-corrected chi connectivity index (χ0v) is 14.5. The average molecular weight is 358 g/mol. The van der Waals surface area contributed by atoms with E-state index in [9.17, 15) is 18.4 Å². The Bertz CT molecular complexity index is 830. The van der Waals surface area contributed by atoms with Gasteiger partial charge in [-0.15, -0.1) is 0 Å². The number of carbonyl (C=O) groups excluding carboxylic acids is 2. The van der Waals surface area contributed by atoms with Crippen LogP contribution in [0.3, 0.4) is 0 Å². The van der Waals surface area contributed by atoms with Crippen LogP contribution in [0.4, 0.5) is 14.5 Å². The number of aryl methyl sites for hydroxylation is 1. The van der Waals surface area contributed by atoms with Crippen molar-refractivity contribution >= 4 is 17.5 Å². The number of hydrogen-bond acceptors (Lipinski definition) is 2. The first-order valence-corrected chi connectivity index (χ1v) is 8.56. The third-order valence-electron chi connectivity index (χ3n) is 4.61. The molecule has 0 atom stereocenters. The molecule has 1 N–H and O–H groups in total. The van der Waals surface area contributed by atoms with Crippen molar-refractivity contribution in [2.75, 3.05) is 18.4 Å². The molecule has 0 saturated carbocycles. The number of nitrogens with one attached hydrogen (secondary N) is 1. The van der Waals surface area contributed by atoms with Crippen molar-refractivity contribution in [2.24, 2.45) is 5.92 Å². The van der Waals surface area contributed by atoms with Gasteiger partial charge in [0.1, 0.15) is 11.6 Å². The fraction of sp³-hybridized carbons (Fsp3) is 0.300. The van der Waals surface area contributed by atoms with Gasteiger partial charge in [0.15, 0.2) is 0 Å². The summed E-state index contributed by atoms with van der Waals surface area (Å²) in [6.45, 7) is 2.87. The van der Waals surface area contributed by atoms with Crippen LogP contribution in [0.25, 0.3) is 0 Å². The van der Waals surface area contributed by atoms with Crippen LogP contribution in [0.1, 0.15) is 28.8 Å². The standard InChI is InChI=1S/C20H20F2N2O2/c1-13-3-2-4-15(11-13)20(26)24-9-7-14(8-10-24)19(25)23-18-6-5-16(21)12-17(18)22/h2-6,11-12,14H,7-10H2,1H3,(H,23,25). The number of nitrogens with zero attached hydrogens (tertiary/aromatic N) is 1. The van der Waals surface area contributed by atoms with Crippen molar-refractivity contribution in [3.63, 3.8) is 0 Å². The summed E-state index contributed by atoms with van der Waals surface area (Å²) in [6, 6.07) is 10.4. The number of hydrogen-bond donors (Lipinski definition) is 1. The predicted molar refractivity (Wildman–Crippen MR) is 94.8 cm³/mol. The lowest BCUT2D eigenvalue weighted by Crippen LogP contribution is -2.41. The highest BCUT2D eigenvalue weighted by atomic mass is 19.1. The summed E-state index contributed by atoms with van der Waals surface area (Å²) in [4.78, 5) is 26.6. The molecule has 6 heteroatoms. The molecule has 1 aliphatic rings. The molecule has 1 aliphatic heterocycles. The van der Waals surface area contributed by atoms with E-state index in [2.05, 4.69) is 5.32 Å². The Morgan fingerprint density at radius 1 is 1.08 bits per heavy atom. The van der Waals surface area contributed by atoms with Gasteiger partial charge in [0.25, 0.3) is 5.91 Å². The lowest BCUT2D eigenvalue weighted by molar-refractivity contribution is -0.121. The molecule has 0 aliphatic carbocycles. The molecule has 1 saturated heterocycles. The van der Waals surface area contributed by atoms with E-state index in [4.69, 9.17) is 0 Å². The highest BCUT2D eigenvalue weighted by molar-refractivity contribution is 5.95. The Kier molecular flexibility index (Phi) is 5.30. The first-order valence-electron chi connectivity index (χ1n) is 8.56. The van der Waals surface area contributed by atoms with Crippen molar-refractivity contribution in [3.8, 4) is 0 Å². The lowest BCUT2D eigenvalue weighted by atomic mass is 9.95. The molecule has 2 aromatic rings. The normalized spacial score (nSPS) is 15.0. The van der Waals surface area contributed by atoms with Gasteiger partial charge in [-0.25, -0.2) is 8.78 Å². The SMILES string of the molecule is Cc1cccc(C(=O)N2CCC(C(=O)Nc3ccc(F)cc3F)CC2)c1. The summed E-state index contributed by atoms with van der Waals surface area (Å²) in [6.07, 6.45) is 1.01. The molecule has 2 aromatic carbocycles. The maximum Gasteiger partial charge on any atom is 0.253 e. The summed E-state index contributed by atoms with van der Waals surface area (Å²) in [5, 5.41) is 2.51. The third-order valence-corrected chi connectivity index (χ3v) is 4.61. The van der Waals surface area contributed by atoms with Gasteiger partial charge in [0.05, 0.1) is 5.69 Å². The highest BCUT2D eigenvalue weighted by Crippen LogP contribution is 2.22. The maximum absolute atomic E-state index is 13.7. The third kappa shape index (κ3) is 4.07. The van der Waals surface area contributed by atoms with Gasteiger partial charge in [-0.1, -0.05) is 17.7 Å². The summed E-state index contributed by atoms with van der Waals surface area (Å²) >= 11 is 0. The van der Waals surface area contributed by atoms with Crippen LogP contribution in [-0.2, 0) is 4.79 Å². The molecule has 0 unspecified atom stereocenters. The highest BCUT2D eigenvalue weighted by Gasteiger charge is 2.28. The second-order valence-electron chi connectivity index (χ2n) is 6.55. The summed E-state index contributed by atoms with van der Waals surface area (Å²) in [5.74, 6) is -2.15. The summed E-state index contributed by atoms with van der Waals surface area (Å²) in [7, 11) is 0. The largest absolute Gasteiger partial charge is 0.339 e. The van der Waals surface area contributed by atoms with Crippen LogP contribution in [0.5, 0.6) is 0 Å². The van der Waals surface area contributed by atoms with E-state index in [1.54, 1.807) is 11.0 Å². The van der Waals surface area contributed by atoms with E-state index >= 15 is 0 Å². The van der Waals surface area contributed by atoms with Crippen molar-refractivity contribution in [3.05, 3.63) is 65.2 Å². The van der Waals surface area contributed by atoms with E-state index in [-0.39, 0.29) is 23.4 Å². The van der Waals surface area contributed by atoms with Crippen LogP contribution in [-0.4, -0.2) is 29.8 Å². The number of likely N-dealkylation sites (tertiary alicyclic amines) is 1. The zero-order valence-electron chi connectivity index (χ0n) is 14.5. The van der Waals surface area contributed by atoms with Crippen molar-refractivity contribution in [2.45, 2.75) is 19.8 Å². The molecule has 3 rings (SSSR count). The van der Waals surface area contributed by atoms with E-state index in [0.717, 1.165) is 17.7 Å². The van der Waals surface area contributed by atoms with Gasteiger partial charge >= 0.3 is 0 Å². The molecule has 4 nitrogen and oxygen atoms in total. The van der Waals surface area contributed by atoms with Gasteiger partial charge in [-0.3, -0.25) is 9.59 Å². The van der Waals surface area contributed by atoms with Crippen LogP contribution < -0.4 is 5.32 Å². The molecule has 0 bridgehead atoms. The fourth-order valence-electron chi connectivity index (χ4n) is 3.13. The van der Waals surface area contributed by atoms with Gasteiger partial charge in [0, 0.05) is 30.6 Å². The molecule has 2 amide bonds.